The van der Waals surface area contributed by atoms with E-state index in [0.29, 0.717) is 11.1 Å². The van der Waals surface area contributed by atoms with Gasteiger partial charge in [-0.25, -0.2) is 4.39 Å². The van der Waals surface area contributed by atoms with Crippen LogP contribution in [0.1, 0.15) is 15.9 Å². The summed E-state index contributed by atoms with van der Waals surface area (Å²) in [7, 11) is 3.29. The van der Waals surface area contributed by atoms with Gasteiger partial charge in [-0.2, -0.15) is 0 Å². The molecule has 0 heterocycles. The molecule has 13 heavy (non-hydrogen) atoms. The quantitative estimate of drug-likeness (QED) is 0.647. The largest absolute Gasteiger partial charge is 0.345 e. The number of carbonyl (C=O) groups excluding carboxylic acids is 1. The molecule has 0 radical (unpaired) electrons. The van der Waals surface area contributed by atoms with Crippen LogP contribution in [0.5, 0.6) is 0 Å². The second-order valence-electron chi connectivity index (χ2n) is 3.11. The first-order valence-corrected chi connectivity index (χ1v) is 4.01. The Bertz CT molecular complexity index is 334. The lowest BCUT2D eigenvalue weighted by molar-refractivity contribution is 0.0826. The van der Waals surface area contributed by atoms with Crippen molar-refractivity contribution >= 4 is 5.91 Å². The molecule has 3 heteroatoms. The molecule has 0 aliphatic carbocycles. The molecule has 0 bridgehead atoms. The van der Waals surface area contributed by atoms with E-state index < -0.39 is 0 Å². The average Bonchev–Trinajstić information content (AvgIpc) is 2.08. The van der Waals surface area contributed by atoms with E-state index in [4.69, 9.17) is 0 Å². The van der Waals surface area contributed by atoms with E-state index >= 15 is 0 Å². The van der Waals surface area contributed by atoms with Crippen LogP contribution in [0, 0.1) is 12.7 Å². The van der Waals surface area contributed by atoms with E-state index in [1.54, 1.807) is 33.2 Å². The highest BCUT2D eigenvalue weighted by Crippen LogP contribution is 2.13. The van der Waals surface area contributed by atoms with Gasteiger partial charge in [0.2, 0.25) is 0 Å². The third-order valence-corrected chi connectivity index (χ3v) is 1.90. The minimum atomic E-state index is -0.340. The molecule has 2 nitrogen and oxygen atoms in total. The zero-order valence-corrected chi connectivity index (χ0v) is 7.97. The van der Waals surface area contributed by atoms with Gasteiger partial charge in [-0.15, -0.1) is 0 Å². The fraction of sp³-hybridized carbons (Fsp3) is 0.300. The first kappa shape index (κ1) is 9.71. The molecular formula is C10H12FNO. The molecule has 70 valence electrons. The summed E-state index contributed by atoms with van der Waals surface area (Å²) in [4.78, 5) is 12.9. The van der Waals surface area contributed by atoms with Crippen LogP contribution in [0.25, 0.3) is 0 Å². The second-order valence-corrected chi connectivity index (χ2v) is 3.11. The number of amides is 1. The minimum Gasteiger partial charge on any atom is -0.345 e. The second kappa shape index (κ2) is 3.56. The molecule has 1 rings (SSSR count). The Balaban J connectivity index is 3.15. The van der Waals surface area contributed by atoms with Crippen molar-refractivity contribution in [2.75, 3.05) is 14.1 Å². The fourth-order valence-corrected chi connectivity index (χ4v) is 1.08. The maximum absolute atomic E-state index is 13.0. The maximum Gasteiger partial charge on any atom is 0.253 e. The normalized spacial score (nSPS) is 9.85. The molecule has 1 aromatic rings. The number of carbonyl (C=O) groups is 1. The molecule has 1 aromatic carbocycles. The van der Waals surface area contributed by atoms with Gasteiger partial charge < -0.3 is 4.90 Å². The van der Waals surface area contributed by atoms with Gasteiger partial charge in [0.25, 0.3) is 5.91 Å². The third kappa shape index (κ3) is 1.86. The van der Waals surface area contributed by atoms with Gasteiger partial charge in [-0.05, 0) is 24.6 Å². The number of hydrogen-bond acceptors (Lipinski definition) is 1. The number of benzene rings is 1. The summed E-state index contributed by atoms with van der Waals surface area (Å²) in [6.07, 6.45) is 0. The Hall–Kier alpha value is -1.38. The lowest BCUT2D eigenvalue weighted by Crippen LogP contribution is -2.22. The zero-order chi connectivity index (χ0) is 10.0. The number of halogens is 1. The molecule has 0 N–H and O–H groups in total. The van der Waals surface area contributed by atoms with Gasteiger partial charge in [0.1, 0.15) is 5.82 Å². The number of nitrogens with zero attached hydrogens (tertiary/aromatic N) is 1. The van der Waals surface area contributed by atoms with E-state index in [-0.39, 0.29) is 11.7 Å². The van der Waals surface area contributed by atoms with E-state index in [9.17, 15) is 9.18 Å². The lowest BCUT2D eigenvalue weighted by Gasteiger charge is -2.12. The average molecular weight is 181 g/mol. The van der Waals surface area contributed by atoms with Crippen molar-refractivity contribution in [3.8, 4) is 0 Å². The van der Waals surface area contributed by atoms with Crippen LogP contribution < -0.4 is 0 Å². The van der Waals surface area contributed by atoms with Crippen LogP contribution in [0.15, 0.2) is 18.2 Å². The maximum atomic E-state index is 13.0. The van der Waals surface area contributed by atoms with Crippen molar-refractivity contribution in [2.45, 2.75) is 6.92 Å². The third-order valence-electron chi connectivity index (χ3n) is 1.90. The van der Waals surface area contributed by atoms with Gasteiger partial charge in [-0.1, -0.05) is 6.07 Å². The van der Waals surface area contributed by atoms with Crippen molar-refractivity contribution < 1.29 is 9.18 Å². The summed E-state index contributed by atoms with van der Waals surface area (Å²) < 4.78 is 13.0. The number of rotatable bonds is 1. The highest BCUT2D eigenvalue weighted by Gasteiger charge is 2.12. The molecule has 0 unspecified atom stereocenters. The van der Waals surface area contributed by atoms with Gasteiger partial charge in [-0.3, -0.25) is 4.79 Å². The van der Waals surface area contributed by atoms with Gasteiger partial charge in [0.05, 0.1) is 0 Å². The molecule has 0 fully saturated rings. The minimum absolute atomic E-state index is 0.169. The van der Waals surface area contributed by atoms with E-state index in [1.165, 1.54) is 11.0 Å². The van der Waals surface area contributed by atoms with Crippen LogP contribution in [0.2, 0.25) is 0 Å². The van der Waals surface area contributed by atoms with E-state index in [2.05, 4.69) is 0 Å². The Morgan fingerprint density at radius 2 is 2.00 bits per heavy atom. The Morgan fingerprint density at radius 1 is 1.38 bits per heavy atom. The summed E-state index contributed by atoms with van der Waals surface area (Å²) in [5, 5.41) is 0. The molecule has 0 saturated carbocycles. The molecule has 1 amide bonds. The summed E-state index contributed by atoms with van der Waals surface area (Å²) in [5.41, 5.74) is 0.825. The van der Waals surface area contributed by atoms with Crippen LogP contribution in [0.3, 0.4) is 0 Å². The van der Waals surface area contributed by atoms with Crippen molar-refractivity contribution in [3.05, 3.63) is 35.1 Å². The lowest BCUT2D eigenvalue weighted by atomic mass is 10.1. The van der Waals surface area contributed by atoms with Gasteiger partial charge >= 0.3 is 0 Å². The van der Waals surface area contributed by atoms with Crippen LogP contribution in [-0.4, -0.2) is 24.9 Å². The Morgan fingerprint density at radius 3 is 2.54 bits per heavy atom. The fourth-order valence-electron chi connectivity index (χ4n) is 1.08. The van der Waals surface area contributed by atoms with Crippen molar-refractivity contribution in [1.29, 1.82) is 0 Å². The monoisotopic (exact) mass is 181 g/mol. The van der Waals surface area contributed by atoms with Crippen LogP contribution >= 0.6 is 0 Å². The van der Waals surface area contributed by atoms with Crippen molar-refractivity contribution in [3.63, 3.8) is 0 Å². The molecule has 0 saturated heterocycles. The van der Waals surface area contributed by atoms with Crippen molar-refractivity contribution in [1.82, 2.24) is 4.90 Å². The van der Waals surface area contributed by atoms with E-state index in [0.717, 1.165) is 0 Å². The summed E-state index contributed by atoms with van der Waals surface area (Å²) in [6.45, 7) is 1.60. The van der Waals surface area contributed by atoms with Crippen molar-refractivity contribution in [2.24, 2.45) is 0 Å². The molecule has 0 aliphatic heterocycles. The first-order chi connectivity index (χ1) is 6.04. The molecular weight excluding hydrogens is 169 g/mol. The zero-order valence-electron chi connectivity index (χ0n) is 7.97. The Kier molecular flexibility index (Phi) is 2.66. The number of hydrogen-bond donors (Lipinski definition) is 0. The van der Waals surface area contributed by atoms with Crippen LogP contribution in [-0.2, 0) is 0 Å². The first-order valence-electron chi connectivity index (χ1n) is 4.01. The highest BCUT2D eigenvalue weighted by molar-refractivity contribution is 5.95. The van der Waals surface area contributed by atoms with Gasteiger partial charge in [0.15, 0.2) is 0 Å². The van der Waals surface area contributed by atoms with Gasteiger partial charge in [0, 0.05) is 19.7 Å². The summed E-state index contributed by atoms with van der Waals surface area (Å²) in [6, 6.07) is 4.52. The summed E-state index contributed by atoms with van der Waals surface area (Å²) >= 11 is 0. The van der Waals surface area contributed by atoms with E-state index in [1.807, 2.05) is 0 Å². The predicted octanol–water partition coefficient (Wildman–Crippen LogP) is 1.84. The Labute approximate surface area is 77.0 Å². The highest BCUT2D eigenvalue weighted by atomic mass is 19.1. The molecule has 0 spiro atoms. The topological polar surface area (TPSA) is 20.3 Å². The standard InChI is InChI=1S/C10H12FNO/c1-7-8(10(13)12(2)3)5-4-6-9(7)11/h4-6H,1-3H3. The predicted molar refractivity (Wildman–Crippen MR) is 49.2 cm³/mol. The summed E-state index contributed by atoms with van der Waals surface area (Å²) in [5.74, 6) is -0.510. The molecule has 0 aliphatic rings. The smallest absolute Gasteiger partial charge is 0.253 e. The van der Waals surface area contributed by atoms with Crippen LogP contribution in [0.4, 0.5) is 4.39 Å². The molecule has 0 aromatic heterocycles. The molecule has 0 atom stereocenters. The SMILES string of the molecule is Cc1c(F)cccc1C(=O)N(C)C.